The van der Waals surface area contributed by atoms with Crippen molar-refractivity contribution in [2.75, 3.05) is 36.4 Å². The van der Waals surface area contributed by atoms with Gasteiger partial charge in [-0.25, -0.2) is 8.42 Å². The summed E-state index contributed by atoms with van der Waals surface area (Å²) in [4.78, 5) is 28.0. The Hall–Kier alpha value is -2.98. The second-order valence-electron chi connectivity index (χ2n) is 9.20. The van der Waals surface area contributed by atoms with Crippen molar-refractivity contribution in [2.45, 2.75) is 40.3 Å². The second-order valence-corrected chi connectivity index (χ2v) is 11.8. The van der Waals surface area contributed by atoms with Crippen LogP contribution in [0.25, 0.3) is 0 Å². The number of fused-ring (bicyclic) bond motifs is 1. The zero-order valence-corrected chi connectivity index (χ0v) is 23.1. The summed E-state index contributed by atoms with van der Waals surface area (Å²) >= 11 is 6.14. The first kappa shape index (κ1) is 28.6. The summed E-state index contributed by atoms with van der Waals surface area (Å²) in [5.41, 5.74) is 0.993. The summed E-state index contributed by atoms with van der Waals surface area (Å²) in [7, 11) is -3.85. The summed E-state index contributed by atoms with van der Waals surface area (Å²) in [6.07, 6.45) is 0. The number of anilines is 1. The molecular weight excluding hydrogens is 518 g/mol. The van der Waals surface area contributed by atoms with E-state index >= 15 is 0 Å². The van der Waals surface area contributed by atoms with Gasteiger partial charge in [0, 0.05) is 24.2 Å². The zero-order chi connectivity index (χ0) is 27.2. The van der Waals surface area contributed by atoms with Crippen molar-refractivity contribution in [3.05, 3.63) is 53.1 Å². The molecule has 37 heavy (non-hydrogen) atoms. The number of amides is 2. The number of nitrogens with one attached hydrogen (secondary N) is 1. The number of rotatable bonds is 11. The van der Waals surface area contributed by atoms with Crippen LogP contribution in [0, 0.1) is 5.92 Å². The molecule has 1 aliphatic rings. The Labute approximate surface area is 223 Å². The number of carbonyl (C=O) groups excluding carboxylic acids is 2. The highest BCUT2D eigenvalue weighted by Gasteiger charge is 2.31. The monoisotopic (exact) mass is 551 g/mol. The molecular formula is C26H34ClN3O6S. The number of hydrogen-bond acceptors (Lipinski definition) is 6. The molecule has 2 aromatic carbocycles. The zero-order valence-electron chi connectivity index (χ0n) is 21.6. The Morgan fingerprint density at radius 1 is 1.05 bits per heavy atom. The fraction of sp³-hybridized carbons (Fsp3) is 0.462. The van der Waals surface area contributed by atoms with Gasteiger partial charge in [0.2, 0.25) is 21.8 Å². The molecule has 1 atom stereocenters. The molecule has 0 spiro atoms. The molecule has 11 heteroatoms. The van der Waals surface area contributed by atoms with E-state index in [0.29, 0.717) is 41.8 Å². The molecule has 2 aromatic rings. The van der Waals surface area contributed by atoms with Crippen molar-refractivity contribution >= 4 is 39.1 Å². The maximum absolute atomic E-state index is 13.7. The first-order valence-corrected chi connectivity index (χ1v) is 14.2. The van der Waals surface area contributed by atoms with E-state index in [4.69, 9.17) is 21.1 Å². The number of nitrogens with zero attached hydrogens (tertiary/aromatic N) is 2. The number of halogens is 1. The van der Waals surface area contributed by atoms with Gasteiger partial charge >= 0.3 is 0 Å². The molecule has 1 N–H and O–H groups in total. The molecule has 0 radical (unpaired) electrons. The van der Waals surface area contributed by atoms with Crippen LogP contribution in [-0.4, -0.2) is 63.2 Å². The van der Waals surface area contributed by atoms with Gasteiger partial charge in [-0.1, -0.05) is 37.6 Å². The Balaban J connectivity index is 1.93. The van der Waals surface area contributed by atoms with E-state index < -0.39 is 28.5 Å². The van der Waals surface area contributed by atoms with Crippen LogP contribution in [0.5, 0.6) is 11.5 Å². The minimum atomic E-state index is -3.85. The maximum atomic E-state index is 13.7. The quantitative estimate of drug-likeness (QED) is 0.458. The summed E-state index contributed by atoms with van der Waals surface area (Å²) < 4.78 is 38.4. The van der Waals surface area contributed by atoms with Crippen LogP contribution in [0.2, 0.25) is 5.02 Å². The predicted octanol–water partition coefficient (Wildman–Crippen LogP) is 3.46. The van der Waals surface area contributed by atoms with Crippen LogP contribution in [0.1, 0.15) is 33.3 Å². The largest absolute Gasteiger partial charge is 0.486 e. The molecule has 9 nitrogen and oxygen atoms in total. The number of ether oxygens (including phenoxy) is 2. The molecule has 0 aromatic heterocycles. The van der Waals surface area contributed by atoms with E-state index in [1.54, 1.807) is 49.4 Å². The van der Waals surface area contributed by atoms with Crippen LogP contribution in [-0.2, 0) is 26.2 Å². The first-order valence-electron chi connectivity index (χ1n) is 12.2. The Bertz CT molecular complexity index is 1220. The van der Waals surface area contributed by atoms with Crippen molar-refractivity contribution in [3.8, 4) is 11.5 Å². The Morgan fingerprint density at radius 3 is 2.41 bits per heavy atom. The molecule has 202 valence electrons. The van der Waals surface area contributed by atoms with E-state index in [1.807, 2.05) is 13.8 Å². The molecule has 0 saturated carbocycles. The number of carbonyl (C=O) groups is 2. The average molecular weight is 552 g/mol. The SMILES string of the molecule is CCS(=O)(=O)N(CC(=O)N(Cc1cccc(Cl)c1)C(C)C(=O)NCC(C)C)c1ccc2c(c1)OCCO2. The molecule has 2 amide bonds. The van der Waals surface area contributed by atoms with Crippen LogP contribution < -0.4 is 19.1 Å². The number of sulfonamides is 1. The van der Waals surface area contributed by atoms with E-state index in [1.165, 1.54) is 11.8 Å². The van der Waals surface area contributed by atoms with Gasteiger partial charge in [-0.05, 0) is 49.6 Å². The third-order valence-corrected chi connectivity index (χ3v) is 7.86. The number of hydrogen-bond donors (Lipinski definition) is 1. The van der Waals surface area contributed by atoms with Crippen LogP contribution in [0.4, 0.5) is 5.69 Å². The van der Waals surface area contributed by atoms with Gasteiger partial charge in [-0.15, -0.1) is 0 Å². The van der Waals surface area contributed by atoms with Gasteiger partial charge in [0.15, 0.2) is 11.5 Å². The van der Waals surface area contributed by atoms with Crippen molar-refractivity contribution in [3.63, 3.8) is 0 Å². The smallest absolute Gasteiger partial charge is 0.244 e. The van der Waals surface area contributed by atoms with E-state index in [0.717, 1.165) is 4.31 Å². The van der Waals surface area contributed by atoms with Gasteiger partial charge in [-0.2, -0.15) is 0 Å². The average Bonchev–Trinajstić information content (AvgIpc) is 2.88. The molecule has 0 bridgehead atoms. The summed E-state index contributed by atoms with van der Waals surface area (Å²) in [5, 5.41) is 3.35. The van der Waals surface area contributed by atoms with E-state index in [2.05, 4.69) is 5.32 Å². The highest BCUT2D eigenvalue weighted by Crippen LogP contribution is 2.35. The third kappa shape index (κ3) is 7.52. The number of benzene rings is 2. The Morgan fingerprint density at radius 2 is 1.76 bits per heavy atom. The lowest BCUT2D eigenvalue weighted by Crippen LogP contribution is -2.51. The van der Waals surface area contributed by atoms with Crippen molar-refractivity contribution < 1.29 is 27.5 Å². The lowest BCUT2D eigenvalue weighted by atomic mass is 10.1. The lowest BCUT2D eigenvalue weighted by Gasteiger charge is -2.32. The molecule has 0 aliphatic carbocycles. The maximum Gasteiger partial charge on any atom is 0.244 e. The Kier molecular flexibility index (Phi) is 9.67. The van der Waals surface area contributed by atoms with Gasteiger partial charge < -0.3 is 19.7 Å². The fourth-order valence-corrected chi connectivity index (χ4v) is 5.04. The summed E-state index contributed by atoms with van der Waals surface area (Å²) in [5.74, 6) is 0.0758. The van der Waals surface area contributed by atoms with Crippen LogP contribution in [0.15, 0.2) is 42.5 Å². The van der Waals surface area contributed by atoms with E-state index in [9.17, 15) is 18.0 Å². The predicted molar refractivity (Wildman–Crippen MR) is 144 cm³/mol. The minimum Gasteiger partial charge on any atom is -0.486 e. The molecule has 0 saturated heterocycles. The molecule has 0 fully saturated rings. The van der Waals surface area contributed by atoms with Gasteiger partial charge in [0.1, 0.15) is 25.8 Å². The van der Waals surface area contributed by atoms with Crippen molar-refractivity contribution in [2.24, 2.45) is 5.92 Å². The first-order chi connectivity index (χ1) is 17.5. The fourth-order valence-electron chi connectivity index (χ4n) is 3.77. The van der Waals surface area contributed by atoms with Crippen molar-refractivity contribution in [1.82, 2.24) is 10.2 Å². The molecule has 3 rings (SSSR count). The second kappa shape index (κ2) is 12.5. The van der Waals surface area contributed by atoms with Crippen LogP contribution >= 0.6 is 11.6 Å². The van der Waals surface area contributed by atoms with Gasteiger partial charge in [0.05, 0.1) is 11.4 Å². The third-order valence-electron chi connectivity index (χ3n) is 5.89. The topological polar surface area (TPSA) is 105 Å². The molecule has 1 heterocycles. The normalized spacial score (nSPS) is 13.7. The van der Waals surface area contributed by atoms with Crippen LogP contribution in [0.3, 0.4) is 0 Å². The molecule has 1 aliphatic heterocycles. The summed E-state index contributed by atoms with van der Waals surface area (Å²) in [6.45, 7) is 7.87. The highest BCUT2D eigenvalue weighted by atomic mass is 35.5. The lowest BCUT2D eigenvalue weighted by molar-refractivity contribution is -0.139. The summed E-state index contributed by atoms with van der Waals surface area (Å²) in [6, 6.07) is 10.9. The van der Waals surface area contributed by atoms with E-state index in [-0.39, 0.29) is 29.8 Å². The molecule has 1 unspecified atom stereocenters. The van der Waals surface area contributed by atoms with Gasteiger partial charge in [0.25, 0.3) is 0 Å². The highest BCUT2D eigenvalue weighted by molar-refractivity contribution is 7.92. The van der Waals surface area contributed by atoms with Crippen molar-refractivity contribution in [1.29, 1.82) is 0 Å². The standard InChI is InChI=1S/C26H34ClN3O6S/c1-5-37(33,34)30(22-9-10-23-24(14-22)36-12-11-35-23)17-25(31)29(16-20-7-6-8-21(27)13-20)19(4)26(32)28-15-18(2)3/h6-10,13-14,18-19H,5,11-12,15-17H2,1-4H3,(H,28,32). The minimum absolute atomic E-state index is 0.0802. The van der Waals surface area contributed by atoms with Gasteiger partial charge in [-0.3, -0.25) is 13.9 Å².